The van der Waals surface area contributed by atoms with Crippen molar-refractivity contribution < 1.29 is 9.47 Å². The lowest BCUT2D eigenvalue weighted by molar-refractivity contribution is 0.0760. The molecule has 0 unspecified atom stereocenters. The van der Waals surface area contributed by atoms with Crippen LogP contribution < -0.4 is 10.1 Å². The van der Waals surface area contributed by atoms with E-state index in [0.29, 0.717) is 6.10 Å². The smallest absolute Gasteiger partial charge is 0.137 e. The van der Waals surface area contributed by atoms with Crippen LogP contribution in [0.3, 0.4) is 0 Å². The average Bonchev–Trinajstić information content (AvgIpc) is 2.36. The number of unbranched alkanes of at least 4 members (excludes halogenated alkanes) is 1. The highest BCUT2D eigenvalue weighted by Gasteiger charge is 2.08. The second-order valence-corrected chi connectivity index (χ2v) is 6.65. The van der Waals surface area contributed by atoms with Gasteiger partial charge in [0, 0.05) is 23.2 Å². The Hall–Kier alpha value is -0.100. The molecule has 0 radical (unpaired) electrons. The Kier molecular flexibility index (Phi) is 8.77. The van der Waals surface area contributed by atoms with Gasteiger partial charge in [-0.1, -0.05) is 15.9 Å². The standard InChI is InChI=1S/C15H23Br2NO2/c1-11(2)20-7-5-4-6-18-10-12-8-13(16)9-14(17)15(12)19-3/h8-9,11,18H,4-7,10H2,1-3H3. The molecular weight excluding hydrogens is 386 g/mol. The summed E-state index contributed by atoms with van der Waals surface area (Å²) < 4.78 is 13.0. The summed E-state index contributed by atoms with van der Waals surface area (Å²) in [7, 11) is 1.70. The summed E-state index contributed by atoms with van der Waals surface area (Å²) in [4.78, 5) is 0. The monoisotopic (exact) mass is 407 g/mol. The minimum atomic E-state index is 0.325. The van der Waals surface area contributed by atoms with Crippen LogP contribution in [-0.4, -0.2) is 26.4 Å². The van der Waals surface area contributed by atoms with Gasteiger partial charge < -0.3 is 14.8 Å². The van der Waals surface area contributed by atoms with Crippen LogP contribution in [0.15, 0.2) is 21.1 Å². The van der Waals surface area contributed by atoms with E-state index in [9.17, 15) is 0 Å². The van der Waals surface area contributed by atoms with Gasteiger partial charge in [0.2, 0.25) is 0 Å². The van der Waals surface area contributed by atoms with Gasteiger partial charge >= 0.3 is 0 Å². The number of halogens is 2. The third kappa shape index (κ3) is 6.57. The number of hydrogen-bond donors (Lipinski definition) is 1. The summed E-state index contributed by atoms with van der Waals surface area (Å²) >= 11 is 7.02. The molecule has 0 spiro atoms. The predicted molar refractivity (Wildman–Crippen MR) is 90.4 cm³/mol. The Morgan fingerprint density at radius 2 is 1.95 bits per heavy atom. The van der Waals surface area contributed by atoms with Gasteiger partial charge in [-0.15, -0.1) is 0 Å². The van der Waals surface area contributed by atoms with E-state index in [-0.39, 0.29) is 0 Å². The molecule has 0 atom stereocenters. The second kappa shape index (κ2) is 9.77. The van der Waals surface area contributed by atoms with Gasteiger partial charge in [0.25, 0.3) is 0 Å². The molecule has 0 aliphatic heterocycles. The van der Waals surface area contributed by atoms with E-state index < -0.39 is 0 Å². The predicted octanol–water partition coefficient (Wildman–Crippen LogP) is 4.52. The zero-order valence-corrected chi connectivity index (χ0v) is 15.5. The summed E-state index contributed by atoms with van der Waals surface area (Å²) in [5.74, 6) is 0.892. The van der Waals surface area contributed by atoms with Crippen LogP contribution in [0.2, 0.25) is 0 Å². The minimum absolute atomic E-state index is 0.325. The molecule has 0 aromatic heterocycles. The first kappa shape index (κ1) is 18.0. The van der Waals surface area contributed by atoms with E-state index in [0.717, 1.165) is 52.8 Å². The number of nitrogens with one attached hydrogen (secondary N) is 1. The maximum absolute atomic E-state index is 5.51. The molecule has 0 fully saturated rings. The van der Waals surface area contributed by atoms with Crippen LogP contribution in [0, 0.1) is 0 Å². The van der Waals surface area contributed by atoms with Gasteiger partial charge in [-0.05, 0) is 61.3 Å². The van der Waals surface area contributed by atoms with Gasteiger partial charge in [-0.3, -0.25) is 0 Å². The van der Waals surface area contributed by atoms with Crippen LogP contribution in [0.25, 0.3) is 0 Å². The third-order valence-corrected chi connectivity index (χ3v) is 3.85. The summed E-state index contributed by atoms with van der Waals surface area (Å²) in [6, 6.07) is 4.07. The average molecular weight is 409 g/mol. The highest BCUT2D eigenvalue weighted by molar-refractivity contribution is 9.11. The maximum atomic E-state index is 5.51. The van der Waals surface area contributed by atoms with E-state index in [1.165, 1.54) is 0 Å². The topological polar surface area (TPSA) is 30.5 Å². The van der Waals surface area contributed by atoms with Crippen LogP contribution in [0.5, 0.6) is 5.75 Å². The van der Waals surface area contributed by atoms with Crippen molar-refractivity contribution in [3.63, 3.8) is 0 Å². The van der Waals surface area contributed by atoms with Crippen LogP contribution in [0.4, 0.5) is 0 Å². The van der Waals surface area contributed by atoms with E-state index in [2.05, 4.69) is 57.1 Å². The number of ether oxygens (including phenoxy) is 2. The van der Waals surface area contributed by atoms with Crippen molar-refractivity contribution in [2.24, 2.45) is 0 Å². The molecule has 0 amide bonds. The largest absolute Gasteiger partial charge is 0.495 e. The Labute approximate surface area is 138 Å². The fourth-order valence-electron chi connectivity index (χ4n) is 1.87. The zero-order valence-electron chi connectivity index (χ0n) is 12.3. The minimum Gasteiger partial charge on any atom is -0.495 e. The Balaban J connectivity index is 2.31. The van der Waals surface area contributed by atoms with Crippen LogP contribution in [0.1, 0.15) is 32.3 Å². The second-order valence-electron chi connectivity index (χ2n) is 4.88. The fourth-order valence-corrected chi connectivity index (χ4v) is 3.34. The molecule has 0 heterocycles. The van der Waals surface area contributed by atoms with Crippen molar-refractivity contribution >= 4 is 31.9 Å². The number of rotatable bonds is 9. The van der Waals surface area contributed by atoms with Crippen LogP contribution >= 0.6 is 31.9 Å². The summed E-state index contributed by atoms with van der Waals surface area (Å²) in [6.07, 6.45) is 2.53. The molecule has 114 valence electrons. The first-order valence-corrected chi connectivity index (χ1v) is 8.47. The molecule has 0 saturated carbocycles. The molecule has 1 N–H and O–H groups in total. The van der Waals surface area contributed by atoms with Crippen LogP contribution in [-0.2, 0) is 11.3 Å². The molecule has 1 aromatic carbocycles. The van der Waals surface area contributed by atoms with Gasteiger partial charge in [-0.2, -0.15) is 0 Å². The van der Waals surface area contributed by atoms with Crippen molar-refractivity contribution in [3.8, 4) is 5.75 Å². The van der Waals surface area contributed by atoms with E-state index >= 15 is 0 Å². The number of hydrogen-bond acceptors (Lipinski definition) is 3. The van der Waals surface area contributed by atoms with Gasteiger partial charge in [0.05, 0.1) is 17.7 Å². The quantitative estimate of drug-likeness (QED) is 0.609. The zero-order chi connectivity index (χ0) is 15.0. The molecule has 0 saturated heterocycles. The van der Waals surface area contributed by atoms with Gasteiger partial charge in [0.1, 0.15) is 5.75 Å². The Bertz CT molecular complexity index is 411. The lowest BCUT2D eigenvalue weighted by atomic mass is 10.2. The SMILES string of the molecule is COc1c(Br)cc(Br)cc1CNCCCCOC(C)C. The van der Waals surface area contributed by atoms with Crippen molar-refractivity contribution in [1.82, 2.24) is 5.32 Å². The summed E-state index contributed by atoms with van der Waals surface area (Å²) in [5, 5.41) is 3.44. The normalized spacial score (nSPS) is 11.1. The Morgan fingerprint density at radius 3 is 2.60 bits per heavy atom. The van der Waals surface area contributed by atoms with Crippen molar-refractivity contribution in [3.05, 3.63) is 26.6 Å². The van der Waals surface area contributed by atoms with E-state index in [1.807, 2.05) is 6.07 Å². The van der Waals surface area contributed by atoms with E-state index in [4.69, 9.17) is 9.47 Å². The molecule has 0 aliphatic rings. The molecule has 1 aromatic rings. The van der Waals surface area contributed by atoms with E-state index in [1.54, 1.807) is 7.11 Å². The summed E-state index contributed by atoms with van der Waals surface area (Å²) in [5.41, 5.74) is 1.15. The number of benzene rings is 1. The highest BCUT2D eigenvalue weighted by atomic mass is 79.9. The molecule has 0 aliphatic carbocycles. The molecule has 5 heteroatoms. The maximum Gasteiger partial charge on any atom is 0.137 e. The summed E-state index contributed by atoms with van der Waals surface area (Å²) in [6.45, 7) is 6.75. The first-order valence-electron chi connectivity index (χ1n) is 6.88. The lowest BCUT2D eigenvalue weighted by Crippen LogP contribution is -2.16. The van der Waals surface area contributed by atoms with Crippen molar-refractivity contribution in [2.45, 2.75) is 39.3 Å². The molecule has 1 rings (SSSR count). The number of methoxy groups -OCH3 is 1. The molecular formula is C15H23Br2NO2. The molecule has 3 nitrogen and oxygen atoms in total. The lowest BCUT2D eigenvalue weighted by Gasteiger charge is -2.12. The fraction of sp³-hybridized carbons (Fsp3) is 0.600. The molecule has 20 heavy (non-hydrogen) atoms. The highest BCUT2D eigenvalue weighted by Crippen LogP contribution is 2.32. The Morgan fingerprint density at radius 1 is 1.20 bits per heavy atom. The van der Waals surface area contributed by atoms with Crippen molar-refractivity contribution in [2.75, 3.05) is 20.3 Å². The van der Waals surface area contributed by atoms with Crippen molar-refractivity contribution in [1.29, 1.82) is 0 Å². The molecule has 0 bridgehead atoms. The third-order valence-electron chi connectivity index (χ3n) is 2.80. The van der Waals surface area contributed by atoms with Gasteiger partial charge in [0.15, 0.2) is 0 Å². The first-order chi connectivity index (χ1) is 9.54. The van der Waals surface area contributed by atoms with Gasteiger partial charge in [-0.25, -0.2) is 0 Å².